The summed E-state index contributed by atoms with van der Waals surface area (Å²) in [7, 11) is -9.98. The number of carbonyl (C=O) groups is 4. The maximum absolute atomic E-state index is 13.1. The van der Waals surface area contributed by atoms with Gasteiger partial charge in [0.05, 0.1) is 26.4 Å². The Morgan fingerprint density at radius 3 is 0.804 bits per heavy atom. The smallest absolute Gasteiger partial charge is 0.462 e. The summed E-state index contributed by atoms with van der Waals surface area (Å²) in [6.07, 6.45) is 79.6. The maximum Gasteiger partial charge on any atom is 0.472 e. The van der Waals surface area contributed by atoms with Crippen molar-refractivity contribution in [2.75, 3.05) is 39.6 Å². The molecule has 0 rings (SSSR count). The molecule has 0 saturated carbocycles. The van der Waals surface area contributed by atoms with Gasteiger partial charge in [-0.2, -0.15) is 0 Å². The summed E-state index contributed by atoms with van der Waals surface area (Å²) >= 11 is 0. The van der Waals surface area contributed by atoms with Crippen molar-refractivity contribution in [1.29, 1.82) is 0 Å². The van der Waals surface area contributed by atoms with Gasteiger partial charge < -0.3 is 33.8 Å². The second-order valence-corrected chi connectivity index (χ2v) is 29.9. The number of ether oxygens (including phenoxy) is 4. The van der Waals surface area contributed by atoms with E-state index >= 15 is 0 Å². The van der Waals surface area contributed by atoms with Crippen molar-refractivity contribution in [2.45, 2.75) is 367 Å². The fourth-order valence-corrected chi connectivity index (χ4v) is 12.3. The Hall–Kier alpha value is -4.02. The lowest BCUT2D eigenvalue weighted by atomic mass is 10.1. The zero-order chi connectivity index (χ0) is 74.6. The van der Waals surface area contributed by atoms with E-state index in [0.29, 0.717) is 32.1 Å². The zero-order valence-corrected chi connectivity index (χ0v) is 66.3. The number of rotatable bonds is 76. The molecule has 102 heavy (non-hydrogen) atoms. The number of phosphoric ester groups is 2. The molecular formula is C83H146O17P2. The number of aliphatic hydroxyl groups is 1. The Labute approximate surface area is 620 Å². The molecule has 5 atom stereocenters. The van der Waals surface area contributed by atoms with Crippen LogP contribution in [0, 0.1) is 0 Å². The average molecular weight is 1480 g/mol. The molecule has 0 aromatic rings. The van der Waals surface area contributed by atoms with Crippen molar-refractivity contribution >= 4 is 39.5 Å². The molecule has 2 unspecified atom stereocenters. The van der Waals surface area contributed by atoms with Gasteiger partial charge in [-0.1, -0.05) is 273 Å². The number of aliphatic hydroxyl groups excluding tert-OH is 1. The molecule has 0 bridgehead atoms. The van der Waals surface area contributed by atoms with Gasteiger partial charge in [0.15, 0.2) is 12.2 Å². The molecule has 0 spiro atoms. The minimum atomic E-state index is -4.99. The lowest BCUT2D eigenvalue weighted by Gasteiger charge is -2.21. The van der Waals surface area contributed by atoms with Crippen LogP contribution in [0.5, 0.6) is 0 Å². The van der Waals surface area contributed by atoms with E-state index < -0.39 is 97.5 Å². The van der Waals surface area contributed by atoms with Gasteiger partial charge in [-0.15, -0.1) is 0 Å². The number of unbranched alkanes of at least 4 members (excludes halogenated alkanes) is 34. The van der Waals surface area contributed by atoms with Crippen LogP contribution < -0.4 is 0 Å². The number of hydrogen-bond acceptors (Lipinski definition) is 15. The van der Waals surface area contributed by atoms with Crippen molar-refractivity contribution < 1.29 is 80.2 Å². The van der Waals surface area contributed by atoms with Crippen molar-refractivity contribution in [3.8, 4) is 0 Å². The van der Waals surface area contributed by atoms with Gasteiger partial charge >= 0.3 is 39.5 Å². The first-order chi connectivity index (χ1) is 49.7. The fraction of sp³-hybridized carbons (Fsp3) is 0.759. The van der Waals surface area contributed by atoms with E-state index in [1.54, 1.807) is 0 Å². The third kappa shape index (κ3) is 74.3. The average Bonchev–Trinajstić information content (AvgIpc) is 0.917. The van der Waals surface area contributed by atoms with Crippen LogP contribution in [0.3, 0.4) is 0 Å². The van der Waals surface area contributed by atoms with E-state index in [1.165, 1.54) is 116 Å². The second-order valence-electron chi connectivity index (χ2n) is 27.0. The third-order valence-corrected chi connectivity index (χ3v) is 18.9. The molecule has 0 amide bonds. The van der Waals surface area contributed by atoms with Crippen LogP contribution in [-0.2, 0) is 65.4 Å². The van der Waals surface area contributed by atoms with Gasteiger partial charge in [0.25, 0.3) is 0 Å². The molecule has 0 heterocycles. The highest BCUT2D eigenvalue weighted by Gasteiger charge is 2.30. The number of phosphoric acid groups is 2. The maximum atomic E-state index is 13.1. The van der Waals surface area contributed by atoms with Crippen molar-refractivity contribution in [2.24, 2.45) is 0 Å². The largest absolute Gasteiger partial charge is 0.472 e. The summed E-state index contributed by atoms with van der Waals surface area (Å²) in [6, 6.07) is 0. The van der Waals surface area contributed by atoms with Crippen LogP contribution in [0.2, 0.25) is 0 Å². The molecule has 17 nitrogen and oxygen atoms in total. The van der Waals surface area contributed by atoms with Gasteiger partial charge in [0, 0.05) is 25.7 Å². The highest BCUT2D eigenvalue weighted by Crippen LogP contribution is 2.45. The summed E-state index contributed by atoms with van der Waals surface area (Å²) in [5, 5.41) is 10.6. The van der Waals surface area contributed by atoms with Crippen LogP contribution in [0.4, 0.5) is 0 Å². The molecule has 0 aliphatic rings. The highest BCUT2D eigenvalue weighted by molar-refractivity contribution is 7.47. The molecule has 0 aromatic heterocycles. The SMILES string of the molecule is CCCCC/C=C\C/C=C\C/C=C\C/C=C\CCCC(=O)O[C@H](COC(=O)CCCCCCC/C=C\C/C=C\CCCCC)COP(=O)(O)OC[C@H](O)COP(=O)(O)OC[C@@H](COC(=O)CCCCCCC/C=C\CCCCCCCC)OC(=O)CCCCCCC/C=C\CCCCCCCC. The molecule has 0 radical (unpaired) electrons. The molecule has 590 valence electrons. The third-order valence-electron chi connectivity index (χ3n) is 17.0. The van der Waals surface area contributed by atoms with Gasteiger partial charge in [-0.05, 0) is 148 Å². The zero-order valence-electron chi connectivity index (χ0n) is 64.5. The van der Waals surface area contributed by atoms with Crippen LogP contribution in [0.15, 0.2) is 97.2 Å². The molecule has 19 heteroatoms. The standard InChI is InChI=1S/C83H146O17P2/c1-5-9-13-17-21-25-29-33-37-38-42-46-50-54-58-62-66-70-83(88)100-79(74-94-81(86)68-64-60-56-52-48-44-40-35-31-27-23-19-15-11-7-3)76-98-102(91,92)96-72-77(84)71-95-101(89,90)97-75-78(99-82(87)69-65-61-57-53-49-45-41-36-32-28-24-20-16-12-8-4)73-93-80(85)67-63-59-55-51-47-43-39-34-30-26-22-18-14-10-6-2/h21,23,25,27,33-37,39-42,46,54,58,77-79,84H,5-20,22,24,26,28-32,38,43-45,47-53,55-57,59-76H2,1-4H3,(H,89,90)(H,91,92)/b25-21-,27-23-,37-33-,39-34-,40-35-,41-36-,46-42-,58-54-/t77-,78-,79-/m1/s1. The molecule has 0 aliphatic carbocycles. The topological polar surface area (TPSA) is 237 Å². The van der Waals surface area contributed by atoms with E-state index in [-0.39, 0.29) is 25.7 Å². The molecule has 0 saturated heterocycles. The van der Waals surface area contributed by atoms with Gasteiger partial charge in [-0.25, -0.2) is 9.13 Å². The van der Waals surface area contributed by atoms with Crippen molar-refractivity contribution in [3.63, 3.8) is 0 Å². The van der Waals surface area contributed by atoms with E-state index in [4.69, 9.17) is 37.0 Å². The van der Waals surface area contributed by atoms with Gasteiger partial charge in [-0.3, -0.25) is 37.3 Å². The predicted octanol–water partition coefficient (Wildman–Crippen LogP) is 23.6. The quantitative estimate of drug-likeness (QED) is 0.0169. The Balaban J connectivity index is 5.42. The molecule has 0 aliphatic heterocycles. The first kappa shape index (κ1) is 98.0. The van der Waals surface area contributed by atoms with E-state index in [2.05, 4.69) is 113 Å². The first-order valence-electron chi connectivity index (χ1n) is 40.5. The summed E-state index contributed by atoms with van der Waals surface area (Å²) in [6.45, 7) is 4.75. The minimum Gasteiger partial charge on any atom is -0.462 e. The van der Waals surface area contributed by atoms with E-state index in [0.717, 1.165) is 148 Å². The molecule has 0 fully saturated rings. The van der Waals surface area contributed by atoms with Crippen LogP contribution in [-0.4, -0.2) is 96.7 Å². The van der Waals surface area contributed by atoms with Crippen LogP contribution >= 0.6 is 15.6 Å². The number of carbonyl (C=O) groups excluding carboxylic acids is 4. The predicted molar refractivity (Wildman–Crippen MR) is 418 cm³/mol. The second kappa shape index (κ2) is 75.2. The van der Waals surface area contributed by atoms with Crippen LogP contribution in [0.25, 0.3) is 0 Å². The Bertz CT molecular complexity index is 2310. The minimum absolute atomic E-state index is 0.0159. The lowest BCUT2D eigenvalue weighted by molar-refractivity contribution is -0.161. The highest BCUT2D eigenvalue weighted by atomic mass is 31.2. The van der Waals surface area contributed by atoms with E-state index in [9.17, 15) is 43.2 Å². The Morgan fingerprint density at radius 2 is 0.490 bits per heavy atom. The monoisotopic (exact) mass is 1480 g/mol. The van der Waals surface area contributed by atoms with Crippen molar-refractivity contribution in [1.82, 2.24) is 0 Å². The number of allylic oxidation sites excluding steroid dienone is 16. The van der Waals surface area contributed by atoms with Gasteiger partial charge in [0.1, 0.15) is 19.3 Å². The normalized spacial score (nSPS) is 14.4. The number of hydrogen-bond donors (Lipinski definition) is 3. The Morgan fingerprint density at radius 1 is 0.275 bits per heavy atom. The summed E-state index contributed by atoms with van der Waals surface area (Å²) in [5.41, 5.74) is 0. The van der Waals surface area contributed by atoms with Crippen LogP contribution in [0.1, 0.15) is 349 Å². The molecule has 3 N–H and O–H groups in total. The Kier molecular flexibility index (Phi) is 72.3. The first-order valence-corrected chi connectivity index (χ1v) is 43.5. The van der Waals surface area contributed by atoms with Crippen molar-refractivity contribution in [3.05, 3.63) is 97.2 Å². The summed E-state index contributed by atoms with van der Waals surface area (Å²) in [5.74, 6) is -2.26. The molecular weight excluding hydrogens is 1330 g/mol. The summed E-state index contributed by atoms with van der Waals surface area (Å²) < 4.78 is 68.6. The summed E-state index contributed by atoms with van der Waals surface area (Å²) in [4.78, 5) is 73.0. The lowest BCUT2D eigenvalue weighted by Crippen LogP contribution is -2.30. The van der Waals surface area contributed by atoms with E-state index in [1.807, 2.05) is 12.2 Å². The molecule has 0 aromatic carbocycles. The van der Waals surface area contributed by atoms with Gasteiger partial charge in [0.2, 0.25) is 0 Å². The number of esters is 4. The fourth-order valence-electron chi connectivity index (χ4n) is 10.8.